The Morgan fingerprint density at radius 2 is 2.24 bits per heavy atom. The van der Waals surface area contributed by atoms with Crippen molar-refractivity contribution in [2.75, 3.05) is 5.73 Å². The minimum atomic E-state index is -0.158. The van der Waals surface area contributed by atoms with E-state index in [4.69, 9.17) is 5.73 Å². The lowest BCUT2D eigenvalue weighted by molar-refractivity contribution is 0.592. The minimum Gasteiger partial charge on any atom is -0.394 e. The topological polar surface area (TPSA) is 65.8 Å². The molecule has 2 N–H and O–H groups in total. The third-order valence-corrected chi connectivity index (χ3v) is 2.67. The van der Waals surface area contributed by atoms with Crippen LogP contribution in [0.4, 0.5) is 5.69 Å². The third kappa shape index (κ3) is 2.22. The average Bonchev–Trinajstić information content (AvgIpc) is 2.65. The second-order valence-corrected chi connectivity index (χ2v) is 3.99. The summed E-state index contributed by atoms with van der Waals surface area (Å²) in [7, 11) is 0. The van der Waals surface area contributed by atoms with Gasteiger partial charge in [-0.25, -0.2) is 0 Å². The molecule has 2 heterocycles. The lowest BCUT2D eigenvalue weighted by Crippen LogP contribution is -2.23. The summed E-state index contributed by atoms with van der Waals surface area (Å²) in [6.07, 6.45) is 1.74. The molecule has 90 valence electrons. The first kappa shape index (κ1) is 11.4. The van der Waals surface area contributed by atoms with Crippen LogP contribution in [0.25, 0.3) is 0 Å². The summed E-state index contributed by atoms with van der Waals surface area (Å²) in [6, 6.07) is 5.37. The fraction of sp³-hybridized carbons (Fsp3) is 0.333. The molecular weight excluding hydrogens is 216 g/mol. The Morgan fingerprint density at radius 3 is 2.94 bits per heavy atom. The molecule has 0 amide bonds. The lowest BCUT2D eigenvalue weighted by atomic mass is 10.3. The number of anilines is 1. The Bertz CT molecular complexity index is 582. The van der Waals surface area contributed by atoms with Crippen LogP contribution in [-0.4, -0.2) is 14.3 Å². The second kappa shape index (κ2) is 4.45. The van der Waals surface area contributed by atoms with E-state index >= 15 is 0 Å². The smallest absolute Gasteiger partial charge is 0.274 e. The zero-order chi connectivity index (χ0) is 12.4. The molecule has 0 saturated heterocycles. The van der Waals surface area contributed by atoms with E-state index in [1.54, 1.807) is 22.9 Å². The highest BCUT2D eigenvalue weighted by molar-refractivity contribution is 5.33. The third-order valence-electron chi connectivity index (χ3n) is 2.67. The summed E-state index contributed by atoms with van der Waals surface area (Å²) in [5.41, 5.74) is 7.68. The van der Waals surface area contributed by atoms with Gasteiger partial charge in [0.15, 0.2) is 0 Å². The number of hydrogen-bond acceptors (Lipinski definition) is 3. The first-order chi connectivity index (χ1) is 8.11. The summed E-state index contributed by atoms with van der Waals surface area (Å²) in [4.78, 5) is 11.8. The predicted molar refractivity (Wildman–Crippen MR) is 66.9 cm³/mol. The standard InChI is InChI=1S/C12H16N4O/c1-3-16-10(7-9(2)14-16)8-15-6-4-5-11(13)12(15)17/h4-7H,3,8,13H2,1-2H3. The molecule has 0 saturated carbocycles. The highest BCUT2D eigenvalue weighted by Gasteiger charge is 2.06. The van der Waals surface area contributed by atoms with Crippen molar-refractivity contribution >= 4 is 5.69 Å². The van der Waals surface area contributed by atoms with Crippen molar-refractivity contribution < 1.29 is 0 Å². The number of rotatable bonds is 3. The van der Waals surface area contributed by atoms with Crippen LogP contribution < -0.4 is 11.3 Å². The van der Waals surface area contributed by atoms with Crippen molar-refractivity contribution in [2.24, 2.45) is 0 Å². The molecule has 5 heteroatoms. The van der Waals surface area contributed by atoms with Crippen LogP contribution in [0, 0.1) is 6.92 Å². The van der Waals surface area contributed by atoms with Gasteiger partial charge in [0.1, 0.15) is 0 Å². The van der Waals surface area contributed by atoms with Gasteiger partial charge in [-0.1, -0.05) is 0 Å². The van der Waals surface area contributed by atoms with E-state index in [1.165, 1.54) is 0 Å². The highest BCUT2D eigenvalue weighted by atomic mass is 16.1. The van der Waals surface area contributed by atoms with Crippen molar-refractivity contribution in [2.45, 2.75) is 26.9 Å². The average molecular weight is 232 g/mol. The zero-order valence-corrected chi connectivity index (χ0v) is 10.1. The largest absolute Gasteiger partial charge is 0.394 e. The summed E-state index contributed by atoms with van der Waals surface area (Å²) < 4.78 is 3.49. The molecular formula is C12H16N4O. The fourth-order valence-electron chi connectivity index (χ4n) is 1.85. The van der Waals surface area contributed by atoms with Crippen LogP contribution >= 0.6 is 0 Å². The van der Waals surface area contributed by atoms with Crippen LogP contribution in [0.15, 0.2) is 29.2 Å². The molecule has 0 aromatic carbocycles. The van der Waals surface area contributed by atoms with Crippen molar-refractivity contribution in [3.05, 3.63) is 46.1 Å². The van der Waals surface area contributed by atoms with Gasteiger partial charge in [0.05, 0.1) is 23.6 Å². The van der Waals surface area contributed by atoms with E-state index in [-0.39, 0.29) is 11.2 Å². The van der Waals surface area contributed by atoms with Gasteiger partial charge in [0, 0.05) is 12.7 Å². The fourth-order valence-corrected chi connectivity index (χ4v) is 1.85. The Hall–Kier alpha value is -2.04. The van der Waals surface area contributed by atoms with E-state index in [0.29, 0.717) is 6.54 Å². The van der Waals surface area contributed by atoms with Gasteiger partial charge in [-0.3, -0.25) is 9.48 Å². The van der Waals surface area contributed by atoms with E-state index < -0.39 is 0 Å². The molecule has 0 aliphatic heterocycles. The highest BCUT2D eigenvalue weighted by Crippen LogP contribution is 2.05. The normalized spacial score (nSPS) is 10.7. The van der Waals surface area contributed by atoms with E-state index in [0.717, 1.165) is 17.9 Å². The van der Waals surface area contributed by atoms with Crippen molar-refractivity contribution in [3.8, 4) is 0 Å². The Labute approximate surface area is 99.5 Å². The molecule has 0 aliphatic carbocycles. The number of nitrogens with zero attached hydrogens (tertiary/aromatic N) is 3. The van der Waals surface area contributed by atoms with Gasteiger partial charge >= 0.3 is 0 Å². The summed E-state index contributed by atoms with van der Waals surface area (Å²) in [6.45, 7) is 5.26. The maximum absolute atomic E-state index is 11.8. The number of pyridine rings is 1. The lowest BCUT2D eigenvalue weighted by Gasteiger charge is -2.07. The Morgan fingerprint density at radius 1 is 1.47 bits per heavy atom. The van der Waals surface area contributed by atoms with Crippen LogP contribution in [0.3, 0.4) is 0 Å². The molecule has 5 nitrogen and oxygen atoms in total. The van der Waals surface area contributed by atoms with E-state index in [9.17, 15) is 4.79 Å². The van der Waals surface area contributed by atoms with Crippen molar-refractivity contribution in [3.63, 3.8) is 0 Å². The number of aromatic nitrogens is 3. The van der Waals surface area contributed by atoms with Crippen LogP contribution in [0.2, 0.25) is 0 Å². The van der Waals surface area contributed by atoms with Gasteiger partial charge in [-0.15, -0.1) is 0 Å². The maximum Gasteiger partial charge on any atom is 0.274 e. The van der Waals surface area contributed by atoms with Gasteiger partial charge in [-0.2, -0.15) is 5.10 Å². The molecule has 0 aliphatic rings. The first-order valence-electron chi connectivity index (χ1n) is 5.60. The van der Waals surface area contributed by atoms with Gasteiger partial charge < -0.3 is 10.3 Å². The van der Waals surface area contributed by atoms with Gasteiger partial charge in [0.25, 0.3) is 5.56 Å². The van der Waals surface area contributed by atoms with Crippen molar-refractivity contribution in [1.82, 2.24) is 14.3 Å². The SMILES string of the molecule is CCn1nc(C)cc1Cn1cccc(N)c1=O. The summed E-state index contributed by atoms with van der Waals surface area (Å²) >= 11 is 0. The molecule has 0 atom stereocenters. The molecule has 2 rings (SSSR count). The second-order valence-electron chi connectivity index (χ2n) is 3.99. The molecule has 0 radical (unpaired) electrons. The predicted octanol–water partition coefficient (Wildman–Crippen LogP) is 1.00. The Balaban J connectivity index is 2.37. The number of aryl methyl sites for hydroxylation is 2. The molecule has 2 aromatic heterocycles. The molecule has 17 heavy (non-hydrogen) atoms. The quantitative estimate of drug-likeness (QED) is 0.858. The van der Waals surface area contributed by atoms with Gasteiger partial charge in [0.2, 0.25) is 0 Å². The molecule has 0 fully saturated rings. The molecule has 0 bridgehead atoms. The van der Waals surface area contributed by atoms with Gasteiger partial charge in [-0.05, 0) is 32.0 Å². The summed E-state index contributed by atoms with van der Waals surface area (Å²) in [5.74, 6) is 0. The number of hydrogen-bond donors (Lipinski definition) is 1. The molecule has 2 aromatic rings. The molecule has 0 unspecified atom stereocenters. The minimum absolute atomic E-state index is 0.158. The zero-order valence-electron chi connectivity index (χ0n) is 10.1. The Kier molecular flexibility index (Phi) is 2.99. The maximum atomic E-state index is 11.8. The van der Waals surface area contributed by atoms with Crippen LogP contribution in [0.1, 0.15) is 18.3 Å². The molecule has 0 spiro atoms. The van der Waals surface area contributed by atoms with Crippen LogP contribution in [0.5, 0.6) is 0 Å². The number of nitrogens with two attached hydrogens (primary N) is 1. The van der Waals surface area contributed by atoms with Crippen molar-refractivity contribution in [1.29, 1.82) is 0 Å². The summed E-state index contributed by atoms with van der Waals surface area (Å²) in [5, 5.41) is 4.35. The van der Waals surface area contributed by atoms with E-state index in [2.05, 4.69) is 5.10 Å². The number of nitrogen functional groups attached to an aromatic ring is 1. The van der Waals surface area contributed by atoms with Crippen LogP contribution in [-0.2, 0) is 13.1 Å². The monoisotopic (exact) mass is 232 g/mol. The first-order valence-corrected chi connectivity index (χ1v) is 5.60. The van der Waals surface area contributed by atoms with E-state index in [1.807, 2.05) is 24.6 Å².